The molecule has 0 radical (unpaired) electrons. The molecule has 0 aliphatic carbocycles. The van der Waals surface area contributed by atoms with Crippen LogP contribution in [0.25, 0.3) is 0 Å². The van der Waals surface area contributed by atoms with Crippen molar-refractivity contribution in [1.82, 2.24) is 20.2 Å². The van der Waals surface area contributed by atoms with Crippen molar-refractivity contribution in [2.75, 3.05) is 49.5 Å². The molecule has 4 rings (SSSR count). The molecule has 1 aromatic heterocycles. The van der Waals surface area contributed by atoms with Crippen LogP contribution in [0, 0.1) is 5.92 Å². The molecule has 2 N–H and O–H groups in total. The summed E-state index contributed by atoms with van der Waals surface area (Å²) in [5.41, 5.74) is 0.899. The summed E-state index contributed by atoms with van der Waals surface area (Å²) in [5.74, 6) is 1.49. The molecule has 10 heteroatoms. The first-order valence-electron chi connectivity index (χ1n) is 10.4. The van der Waals surface area contributed by atoms with Crippen LogP contribution in [-0.4, -0.2) is 60.0 Å². The highest BCUT2D eigenvalue weighted by Gasteiger charge is 2.30. The molecule has 0 saturated carbocycles. The zero-order valence-electron chi connectivity index (χ0n) is 17.2. The van der Waals surface area contributed by atoms with Crippen molar-refractivity contribution < 1.29 is 4.79 Å². The molecule has 2 aromatic rings. The van der Waals surface area contributed by atoms with E-state index in [0.717, 1.165) is 25.1 Å². The van der Waals surface area contributed by atoms with E-state index in [1.807, 2.05) is 17.9 Å². The van der Waals surface area contributed by atoms with Gasteiger partial charge in [-0.15, -0.1) is 0 Å². The van der Waals surface area contributed by atoms with E-state index in [4.69, 9.17) is 34.8 Å². The van der Waals surface area contributed by atoms with Crippen molar-refractivity contribution in [3.63, 3.8) is 0 Å². The van der Waals surface area contributed by atoms with Gasteiger partial charge in [0.25, 0.3) is 0 Å². The lowest BCUT2D eigenvalue weighted by atomic mass is 10.1. The molecule has 2 aliphatic heterocycles. The molecule has 0 spiro atoms. The minimum absolute atomic E-state index is 0.107. The number of hydrogen-bond acceptors (Lipinski definition) is 6. The van der Waals surface area contributed by atoms with Gasteiger partial charge < -0.3 is 20.4 Å². The molecule has 0 bridgehead atoms. The number of piperazine rings is 1. The first-order valence-corrected chi connectivity index (χ1v) is 11.5. The Hall–Kier alpha value is -1.80. The summed E-state index contributed by atoms with van der Waals surface area (Å²) in [7, 11) is 0. The maximum Gasteiger partial charge on any atom is 0.227 e. The second-order valence-electron chi connectivity index (χ2n) is 7.90. The number of rotatable bonds is 5. The van der Waals surface area contributed by atoms with E-state index in [9.17, 15) is 4.79 Å². The van der Waals surface area contributed by atoms with Crippen molar-refractivity contribution in [2.24, 2.45) is 5.92 Å². The van der Waals surface area contributed by atoms with E-state index in [0.29, 0.717) is 53.0 Å². The van der Waals surface area contributed by atoms with Gasteiger partial charge in [-0.05, 0) is 37.6 Å². The van der Waals surface area contributed by atoms with Gasteiger partial charge in [-0.25, -0.2) is 4.98 Å². The van der Waals surface area contributed by atoms with Gasteiger partial charge in [0.05, 0.1) is 18.2 Å². The van der Waals surface area contributed by atoms with Gasteiger partial charge in [0.15, 0.2) is 5.82 Å². The third kappa shape index (κ3) is 5.17. The average molecular weight is 484 g/mol. The van der Waals surface area contributed by atoms with E-state index in [-0.39, 0.29) is 17.9 Å². The van der Waals surface area contributed by atoms with E-state index in [1.165, 1.54) is 0 Å². The number of aromatic nitrogens is 2. The lowest BCUT2D eigenvalue weighted by molar-refractivity contribution is -0.135. The minimum atomic E-state index is -0.125. The minimum Gasteiger partial charge on any atom is -0.362 e. The molecule has 2 saturated heterocycles. The van der Waals surface area contributed by atoms with Gasteiger partial charge >= 0.3 is 0 Å². The summed E-state index contributed by atoms with van der Waals surface area (Å²) in [6.07, 6.45) is 2.52. The lowest BCUT2D eigenvalue weighted by Gasteiger charge is -2.36. The van der Waals surface area contributed by atoms with Crippen LogP contribution in [0.15, 0.2) is 24.4 Å². The molecular formula is C21H25Cl3N6O. The fraction of sp³-hybridized carbons (Fsp3) is 0.476. The van der Waals surface area contributed by atoms with Gasteiger partial charge in [0.1, 0.15) is 5.02 Å². The first kappa shape index (κ1) is 22.4. The molecule has 31 heavy (non-hydrogen) atoms. The summed E-state index contributed by atoms with van der Waals surface area (Å²) in [4.78, 5) is 25.7. The first-order chi connectivity index (χ1) is 14.9. The number of hydrogen-bond donors (Lipinski definition) is 2. The molecule has 166 valence electrons. The predicted molar refractivity (Wildman–Crippen MR) is 125 cm³/mol. The predicted octanol–water partition coefficient (Wildman–Crippen LogP) is 3.87. The molecular weight excluding hydrogens is 459 g/mol. The summed E-state index contributed by atoms with van der Waals surface area (Å²) in [5, 5.41) is 8.18. The van der Waals surface area contributed by atoms with Crippen LogP contribution in [0.1, 0.15) is 24.9 Å². The number of halogens is 3. The second kappa shape index (κ2) is 9.77. The molecule has 2 aliphatic rings. The van der Waals surface area contributed by atoms with Crippen LogP contribution in [0.3, 0.4) is 0 Å². The van der Waals surface area contributed by atoms with Gasteiger partial charge in [0, 0.05) is 42.8 Å². The molecule has 2 atom stereocenters. The highest BCUT2D eigenvalue weighted by molar-refractivity contribution is 6.35. The Bertz CT molecular complexity index is 945. The third-order valence-corrected chi connectivity index (χ3v) is 6.64. The topological polar surface area (TPSA) is 73.4 Å². The fourth-order valence-electron chi connectivity index (χ4n) is 4.00. The highest BCUT2D eigenvalue weighted by atomic mass is 35.5. The summed E-state index contributed by atoms with van der Waals surface area (Å²) < 4.78 is 0. The molecule has 7 nitrogen and oxygen atoms in total. The summed E-state index contributed by atoms with van der Waals surface area (Å²) >= 11 is 18.7. The lowest BCUT2D eigenvalue weighted by Crippen LogP contribution is -2.51. The molecule has 3 heterocycles. The van der Waals surface area contributed by atoms with E-state index in [1.54, 1.807) is 18.3 Å². The Morgan fingerprint density at radius 1 is 1.19 bits per heavy atom. The fourth-order valence-corrected chi connectivity index (χ4v) is 4.72. The number of anilines is 2. The third-order valence-electron chi connectivity index (χ3n) is 5.80. The zero-order chi connectivity index (χ0) is 22.0. The zero-order valence-corrected chi connectivity index (χ0v) is 19.5. The maximum absolute atomic E-state index is 12.6. The van der Waals surface area contributed by atoms with Crippen LogP contribution in [0.2, 0.25) is 15.1 Å². The molecule has 1 aromatic carbocycles. The Morgan fingerprint density at radius 2 is 1.97 bits per heavy atom. The number of benzene rings is 1. The van der Waals surface area contributed by atoms with Crippen LogP contribution < -0.4 is 15.5 Å². The van der Waals surface area contributed by atoms with Gasteiger partial charge in [-0.1, -0.05) is 40.9 Å². The van der Waals surface area contributed by atoms with Crippen molar-refractivity contribution in [2.45, 2.75) is 19.4 Å². The Balaban J connectivity index is 1.41. The number of carbonyl (C=O) groups excluding carboxylic acids is 1. The van der Waals surface area contributed by atoms with Crippen LogP contribution in [0.4, 0.5) is 11.8 Å². The standard InChI is InChI=1S/C21H25Cl3N6O/c1-13(16-3-2-15(22)10-17(16)23)27-19-18(24)12-26-21(28-19)30-8-6-29(7-9-30)20(31)14-4-5-25-11-14/h2-3,10,12-14,25H,4-9,11H2,1H3,(H,26,27,28)/t13-,14-/m1/s1. The van der Waals surface area contributed by atoms with Crippen molar-refractivity contribution >= 4 is 52.5 Å². The van der Waals surface area contributed by atoms with Crippen molar-refractivity contribution in [3.05, 3.63) is 45.0 Å². The second-order valence-corrected chi connectivity index (χ2v) is 9.15. The van der Waals surface area contributed by atoms with E-state index < -0.39 is 0 Å². The Morgan fingerprint density at radius 3 is 2.65 bits per heavy atom. The van der Waals surface area contributed by atoms with Crippen molar-refractivity contribution in [1.29, 1.82) is 0 Å². The molecule has 1 amide bonds. The van der Waals surface area contributed by atoms with Gasteiger partial charge in [-0.3, -0.25) is 4.79 Å². The van der Waals surface area contributed by atoms with Crippen LogP contribution in [-0.2, 0) is 4.79 Å². The van der Waals surface area contributed by atoms with Crippen LogP contribution in [0.5, 0.6) is 0 Å². The maximum atomic E-state index is 12.6. The van der Waals surface area contributed by atoms with Gasteiger partial charge in [-0.2, -0.15) is 4.98 Å². The van der Waals surface area contributed by atoms with E-state index >= 15 is 0 Å². The SMILES string of the molecule is C[C@@H](Nc1nc(N2CCN(C(=O)[C@@H]3CCNC3)CC2)ncc1Cl)c1ccc(Cl)cc1Cl. The Labute approximate surface area is 197 Å². The van der Waals surface area contributed by atoms with E-state index in [2.05, 4.69) is 25.5 Å². The van der Waals surface area contributed by atoms with Gasteiger partial charge in [0.2, 0.25) is 11.9 Å². The summed E-state index contributed by atoms with van der Waals surface area (Å²) in [6.45, 7) is 6.39. The quantitative estimate of drug-likeness (QED) is 0.673. The van der Waals surface area contributed by atoms with Crippen LogP contribution >= 0.6 is 34.8 Å². The average Bonchev–Trinajstić information content (AvgIpc) is 3.30. The normalized spacial score (nSPS) is 20.1. The number of nitrogens with zero attached hydrogens (tertiary/aromatic N) is 4. The monoisotopic (exact) mass is 482 g/mol. The Kier molecular flexibility index (Phi) is 7.06. The van der Waals surface area contributed by atoms with Crippen molar-refractivity contribution in [3.8, 4) is 0 Å². The highest BCUT2D eigenvalue weighted by Crippen LogP contribution is 2.30. The smallest absolute Gasteiger partial charge is 0.227 e. The number of nitrogens with one attached hydrogen (secondary N) is 2. The number of amides is 1. The largest absolute Gasteiger partial charge is 0.362 e. The molecule has 2 fully saturated rings. The summed E-state index contributed by atoms with van der Waals surface area (Å²) in [6, 6.07) is 5.27. The number of carbonyl (C=O) groups is 1. The molecule has 0 unspecified atom stereocenters.